The fourth-order valence-electron chi connectivity index (χ4n) is 2.85. The number of piperidine rings is 1. The standard InChI is InChI=1S/C16H23ClN2O/c1-11-7-8-19(10-15(11)20)16-12(3-2-4-14(16)17)9-18-13-5-6-13/h2-4,11,13,15,18,20H,5-10H2,1H3. The lowest BCUT2D eigenvalue weighted by Crippen LogP contribution is -2.43. The first-order valence-corrected chi connectivity index (χ1v) is 7.96. The Hall–Kier alpha value is -0.770. The van der Waals surface area contributed by atoms with E-state index in [-0.39, 0.29) is 6.10 Å². The van der Waals surface area contributed by atoms with Crippen molar-refractivity contribution in [1.29, 1.82) is 0 Å². The third kappa shape index (κ3) is 3.11. The summed E-state index contributed by atoms with van der Waals surface area (Å²) in [5, 5.41) is 14.5. The summed E-state index contributed by atoms with van der Waals surface area (Å²) in [6.45, 7) is 4.63. The first kappa shape index (κ1) is 14.2. The number of hydrogen-bond acceptors (Lipinski definition) is 3. The molecule has 0 spiro atoms. The molecule has 0 bridgehead atoms. The van der Waals surface area contributed by atoms with E-state index in [1.807, 2.05) is 12.1 Å². The number of halogens is 1. The van der Waals surface area contributed by atoms with Crippen LogP contribution in [0.15, 0.2) is 18.2 Å². The molecule has 20 heavy (non-hydrogen) atoms. The topological polar surface area (TPSA) is 35.5 Å². The van der Waals surface area contributed by atoms with Crippen LogP contribution in [0.5, 0.6) is 0 Å². The van der Waals surface area contributed by atoms with Gasteiger partial charge in [0, 0.05) is 25.7 Å². The molecular weight excluding hydrogens is 272 g/mol. The van der Waals surface area contributed by atoms with Crippen molar-refractivity contribution in [2.24, 2.45) is 5.92 Å². The summed E-state index contributed by atoms with van der Waals surface area (Å²) < 4.78 is 0. The van der Waals surface area contributed by atoms with Gasteiger partial charge in [-0.15, -0.1) is 0 Å². The molecule has 1 aliphatic heterocycles. The number of aliphatic hydroxyl groups is 1. The summed E-state index contributed by atoms with van der Waals surface area (Å²) in [5.41, 5.74) is 2.35. The van der Waals surface area contributed by atoms with Crippen molar-refractivity contribution in [2.75, 3.05) is 18.0 Å². The van der Waals surface area contributed by atoms with Crippen LogP contribution in [0.25, 0.3) is 0 Å². The van der Waals surface area contributed by atoms with E-state index in [1.54, 1.807) is 0 Å². The molecule has 3 nitrogen and oxygen atoms in total. The molecule has 1 saturated carbocycles. The lowest BCUT2D eigenvalue weighted by Gasteiger charge is -2.37. The van der Waals surface area contributed by atoms with E-state index in [9.17, 15) is 5.11 Å². The summed E-state index contributed by atoms with van der Waals surface area (Å²) in [7, 11) is 0. The highest BCUT2D eigenvalue weighted by molar-refractivity contribution is 6.33. The molecule has 1 heterocycles. The maximum absolute atomic E-state index is 10.1. The van der Waals surface area contributed by atoms with Crippen LogP contribution in [-0.2, 0) is 6.54 Å². The Kier molecular flexibility index (Phi) is 4.20. The summed E-state index contributed by atoms with van der Waals surface area (Å²) >= 11 is 6.43. The number of aliphatic hydroxyl groups excluding tert-OH is 1. The van der Waals surface area contributed by atoms with Gasteiger partial charge < -0.3 is 15.3 Å². The number of rotatable bonds is 4. The first-order chi connectivity index (χ1) is 9.65. The van der Waals surface area contributed by atoms with Crippen LogP contribution in [0.3, 0.4) is 0 Å². The number of β-amino-alcohol motifs (C(OH)–C–C–N with tert-alkyl or cyclic N) is 1. The minimum atomic E-state index is -0.260. The molecule has 2 aliphatic rings. The SMILES string of the molecule is CC1CCN(c2c(Cl)cccc2CNC2CC2)CC1O. The zero-order valence-corrected chi connectivity index (χ0v) is 12.7. The summed E-state index contributed by atoms with van der Waals surface area (Å²) in [6.07, 6.45) is 3.33. The maximum atomic E-state index is 10.1. The van der Waals surface area contributed by atoms with Crippen molar-refractivity contribution in [3.63, 3.8) is 0 Å². The molecule has 2 atom stereocenters. The molecule has 1 aromatic rings. The monoisotopic (exact) mass is 294 g/mol. The molecule has 2 fully saturated rings. The molecule has 0 amide bonds. The largest absolute Gasteiger partial charge is 0.391 e. The van der Waals surface area contributed by atoms with Crippen molar-refractivity contribution >= 4 is 17.3 Å². The van der Waals surface area contributed by atoms with Gasteiger partial charge in [-0.25, -0.2) is 0 Å². The molecular formula is C16H23ClN2O. The lowest BCUT2D eigenvalue weighted by atomic mass is 9.95. The van der Waals surface area contributed by atoms with Crippen molar-refractivity contribution < 1.29 is 5.11 Å². The summed E-state index contributed by atoms with van der Waals surface area (Å²) in [6, 6.07) is 6.79. The van der Waals surface area contributed by atoms with Crippen LogP contribution in [0.4, 0.5) is 5.69 Å². The third-order valence-electron chi connectivity index (χ3n) is 4.46. The Morgan fingerprint density at radius 3 is 2.85 bits per heavy atom. The number of hydrogen-bond donors (Lipinski definition) is 2. The van der Waals surface area contributed by atoms with Crippen LogP contribution in [-0.4, -0.2) is 30.3 Å². The highest BCUT2D eigenvalue weighted by atomic mass is 35.5. The van der Waals surface area contributed by atoms with Crippen molar-refractivity contribution in [2.45, 2.75) is 44.9 Å². The van der Waals surface area contributed by atoms with E-state index in [0.717, 1.165) is 30.2 Å². The van der Waals surface area contributed by atoms with E-state index in [2.05, 4.69) is 23.2 Å². The molecule has 0 aromatic heterocycles. The van der Waals surface area contributed by atoms with Crippen molar-refractivity contribution in [3.8, 4) is 0 Å². The lowest BCUT2D eigenvalue weighted by molar-refractivity contribution is 0.103. The van der Waals surface area contributed by atoms with Gasteiger partial charge in [-0.1, -0.05) is 30.7 Å². The van der Waals surface area contributed by atoms with E-state index >= 15 is 0 Å². The van der Waals surface area contributed by atoms with Gasteiger partial charge in [0.15, 0.2) is 0 Å². The minimum absolute atomic E-state index is 0.260. The molecule has 0 radical (unpaired) electrons. The van der Waals surface area contributed by atoms with Crippen LogP contribution >= 0.6 is 11.6 Å². The van der Waals surface area contributed by atoms with E-state index in [4.69, 9.17) is 11.6 Å². The molecule has 110 valence electrons. The van der Waals surface area contributed by atoms with Gasteiger partial charge in [0.2, 0.25) is 0 Å². The average Bonchev–Trinajstić information content (AvgIpc) is 3.24. The van der Waals surface area contributed by atoms with Crippen LogP contribution < -0.4 is 10.2 Å². The molecule has 1 saturated heterocycles. The van der Waals surface area contributed by atoms with Crippen LogP contribution in [0, 0.1) is 5.92 Å². The van der Waals surface area contributed by atoms with Gasteiger partial charge in [0.25, 0.3) is 0 Å². The zero-order valence-electron chi connectivity index (χ0n) is 12.0. The second-order valence-electron chi connectivity index (χ2n) is 6.18. The highest BCUT2D eigenvalue weighted by Crippen LogP contribution is 2.33. The van der Waals surface area contributed by atoms with Crippen LogP contribution in [0.1, 0.15) is 31.7 Å². The Balaban J connectivity index is 1.79. The number of benzene rings is 1. The maximum Gasteiger partial charge on any atom is 0.0741 e. The van der Waals surface area contributed by atoms with Gasteiger partial charge in [-0.05, 0) is 36.8 Å². The van der Waals surface area contributed by atoms with E-state index in [0.29, 0.717) is 18.5 Å². The Morgan fingerprint density at radius 1 is 1.35 bits per heavy atom. The van der Waals surface area contributed by atoms with Gasteiger partial charge >= 0.3 is 0 Å². The Labute approximate surface area is 125 Å². The second kappa shape index (κ2) is 5.92. The summed E-state index contributed by atoms with van der Waals surface area (Å²) in [5.74, 6) is 0.377. The quantitative estimate of drug-likeness (QED) is 0.896. The molecule has 4 heteroatoms. The van der Waals surface area contributed by atoms with Gasteiger partial charge in [-0.3, -0.25) is 0 Å². The minimum Gasteiger partial charge on any atom is -0.391 e. The molecule has 3 rings (SSSR count). The smallest absolute Gasteiger partial charge is 0.0741 e. The average molecular weight is 295 g/mol. The predicted molar refractivity (Wildman–Crippen MR) is 83.3 cm³/mol. The normalized spacial score (nSPS) is 26.9. The molecule has 1 aromatic carbocycles. The fraction of sp³-hybridized carbons (Fsp3) is 0.625. The number of nitrogens with one attached hydrogen (secondary N) is 1. The second-order valence-corrected chi connectivity index (χ2v) is 6.59. The van der Waals surface area contributed by atoms with E-state index in [1.165, 1.54) is 18.4 Å². The number of nitrogens with zero attached hydrogens (tertiary/aromatic N) is 1. The zero-order chi connectivity index (χ0) is 14.1. The van der Waals surface area contributed by atoms with Crippen molar-refractivity contribution in [3.05, 3.63) is 28.8 Å². The highest BCUT2D eigenvalue weighted by Gasteiger charge is 2.27. The summed E-state index contributed by atoms with van der Waals surface area (Å²) in [4.78, 5) is 2.25. The van der Waals surface area contributed by atoms with Gasteiger partial charge in [-0.2, -0.15) is 0 Å². The van der Waals surface area contributed by atoms with Crippen LogP contribution in [0.2, 0.25) is 5.02 Å². The Bertz CT molecular complexity index is 476. The first-order valence-electron chi connectivity index (χ1n) is 7.59. The number of anilines is 1. The predicted octanol–water partition coefficient (Wildman–Crippen LogP) is 2.80. The van der Waals surface area contributed by atoms with Gasteiger partial charge in [0.1, 0.15) is 0 Å². The molecule has 2 N–H and O–H groups in total. The third-order valence-corrected chi connectivity index (χ3v) is 4.77. The van der Waals surface area contributed by atoms with Gasteiger partial charge in [0.05, 0.1) is 16.8 Å². The Morgan fingerprint density at radius 2 is 2.15 bits per heavy atom. The fourth-order valence-corrected chi connectivity index (χ4v) is 3.16. The number of para-hydroxylation sites is 1. The molecule has 1 aliphatic carbocycles. The van der Waals surface area contributed by atoms with Crippen molar-refractivity contribution in [1.82, 2.24) is 5.32 Å². The van der Waals surface area contributed by atoms with E-state index < -0.39 is 0 Å². The molecule has 2 unspecified atom stereocenters.